The molecule has 0 radical (unpaired) electrons. The zero-order valence-corrected chi connectivity index (χ0v) is 53.1. The van der Waals surface area contributed by atoms with Crippen LogP contribution in [-0.4, -0.2) is 46.3 Å². The zero-order valence-electron chi connectivity index (χ0n) is 52.4. The van der Waals surface area contributed by atoms with Crippen LogP contribution in [0.2, 0.25) is 5.02 Å². The van der Waals surface area contributed by atoms with Gasteiger partial charge in [-0.25, -0.2) is 0 Å². The molecule has 0 aliphatic rings. The van der Waals surface area contributed by atoms with Crippen molar-refractivity contribution in [3.8, 4) is 46.0 Å². The summed E-state index contributed by atoms with van der Waals surface area (Å²) in [4.78, 5) is 106. The third-order valence-electron chi connectivity index (χ3n) is 16.2. The quantitative estimate of drug-likeness (QED) is 0.0525. The molecule has 13 rings (SSSR count). The van der Waals surface area contributed by atoms with Crippen molar-refractivity contribution in [2.45, 2.75) is 0 Å². The Kier molecular flexibility index (Phi) is 19.0. The number of ether oxygens (including phenoxy) is 4. The van der Waals surface area contributed by atoms with Crippen LogP contribution < -0.4 is 18.9 Å². The van der Waals surface area contributed by atoms with Gasteiger partial charge < -0.3 is 18.9 Å². The Balaban J connectivity index is 0.540. The van der Waals surface area contributed by atoms with Gasteiger partial charge in [0.25, 0.3) is 0 Å². The van der Waals surface area contributed by atoms with E-state index in [9.17, 15) is 38.4 Å². The van der Waals surface area contributed by atoms with Gasteiger partial charge in [0.2, 0.25) is 0 Å². The number of benzene rings is 13. The van der Waals surface area contributed by atoms with E-state index in [2.05, 4.69) is 0 Å². The second-order valence-electron chi connectivity index (χ2n) is 22.8. The van der Waals surface area contributed by atoms with Gasteiger partial charge in [-0.1, -0.05) is 115 Å². The van der Waals surface area contributed by atoms with Crippen LogP contribution in [0.3, 0.4) is 0 Å². The van der Waals surface area contributed by atoms with Crippen molar-refractivity contribution in [1.29, 1.82) is 0 Å². The lowest BCUT2D eigenvalue weighted by Crippen LogP contribution is -2.05. The van der Waals surface area contributed by atoms with Gasteiger partial charge >= 0.3 is 0 Å². The van der Waals surface area contributed by atoms with E-state index in [1.54, 1.807) is 303 Å². The summed E-state index contributed by atoms with van der Waals surface area (Å²) in [6, 6.07) is 88.7. The van der Waals surface area contributed by atoms with Gasteiger partial charge in [0.15, 0.2) is 46.3 Å². The summed E-state index contributed by atoms with van der Waals surface area (Å²) in [5.41, 5.74) is 7.10. The summed E-state index contributed by atoms with van der Waals surface area (Å²) in [6.07, 6.45) is 0. The fraction of sp³-hybridized carbons (Fsp3) is 0. The number of ketones is 8. The Morgan fingerprint density at radius 3 is 0.404 bits per heavy atom. The van der Waals surface area contributed by atoms with Crippen LogP contribution in [0.15, 0.2) is 322 Å². The number of hydrogen-bond acceptors (Lipinski definition) is 12. The van der Waals surface area contributed by atoms with Gasteiger partial charge in [-0.05, 0) is 218 Å². The smallest absolute Gasteiger partial charge is 0.193 e. The highest BCUT2D eigenvalue weighted by Gasteiger charge is 2.19. The first-order valence-corrected chi connectivity index (χ1v) is 31.6. The van der Waals surface area contributed by atoms with Crippen LogP contribution >= 0.6 is 11.6 Å². The first-order valence-electron chi connectivity index (χ1n) is 31.2. The van der Waals surface area contributed by atoms with Crippen molar-refractivity contribution in [3.05, 3.63) is 416 Å². The van der Waals surface area contributed by atoms with Gasteiger partial charge in [0, 0.05) is 94.0 Å². The Bertz CT molecular complexity index is 5160. The Labute approximate surface area is 573 Å². The highest BCUT2D eigenvalue weighted by molar-refractivity contribution is 6.30. The first-order chi connectivity index (χ1) is 48.2. The maximum atomic E-state index is 13.5. The highest BCUT2D eigenvalue weighted by Crippen LogP contribution is 2.30. The van der Waals surface area contributed by atoms with Crippen molar-refractivity contribution in [2.75, 3.05) is 0 Å². The van der Waals surface area contributed by atoms with Crippen LogP contribution in [0.1, 0.15) is 127 Å². The molecule has 0 aromatic heterocycles. The first kappa shape index (κ1) is 64.4. The topological polar surface area (TPSA) is 173 Å². The van der Waals surface area contributed by atoms with E-state index < -0.39 is 0 Å². The summed E-state index contributed by atoms with van der Waals surface area (Å²) >= 11 is 5.96. The fourth-order valence-electron chi connectivity index (χ4n) is 10.8. The predicted octanol–water partition coefficient (Wildman–Crippen LogP) is 19.4. The second kappa shape index (κ2) is 29.1. The van der Waals surface area contributed by atoms with Crippen LogP contribution in [-0.2, 0) is 0 Å². The molecule has 0 amide bonds. The molecule has 13 aromatic carbocycles. The third-order valence-corrected chi connectivity index (χ3v) is 16.5. The van der Waals surface area contributed by atoms with E-state index in [4.69, 9.17) is 30.5 Å². The zero-order chi connectivity index (χ0) is 68.4. The molecule has 0 spiro atoms. The Hall–Kier alpha value is -13.3. The van der Waals surface area contributed by atoms with Gasteiger partial charge in [-0.2, -0.15) is 0 Å². The van der Waals surface area contributed by atoms with E-state index >= 15 is 0 Å². The average molecular weight is 1310 g/mol. The molecule has 0 N–H and O–H groups in total. The molecule has 0 fully saturated rings. The maximum Gasteiger partial charge on any atom is 0.193 e. The summed E-state index contributed by atoms with van der Waals surface area (Å²) in [5, 5.41) is 0.549. The van der Waals surface area contributed by atoms with Crippen molar-refractivity contribution in [3.63, 3.8) is 0 Å². The SMILES string of the molecule is O=C(c1ccccc1)c1ccc(Oc2ccc(C(=O)c3ccc(C(=O)c4ccc(Oc5ccc(C(=O)c6ccc(C(=O)c7ccc(Oc8ccc(C(=O)c9ccc(C(=O)c%10ccc(Oc%11ccc(C(=O)c%12ccc(Cl)cc%12)cc%11)cc%10)cc9)cc8)cc7)cc6)cc5)cc4)cc3)cc2)cc1. The second-order valence-corrected chi connectivity index (χ2v) is 23.3. The molecular formula is C86H53ClO12. The van der Waals surface area contributed by atoms with Gasteiger partial charge in [0.1, 0.15) is 46.0 Å². The lowest BCUT2D eigenvalue weighted by Gasteiger charge is -2.09. The van der Waals surface area contributed by atoms with Crippen molar-refractivity contribution in [1.82, 2.24) is 0 Å². The predicted molar refractivity (Wildman–Crippen MR) is 377 cm³/mol. The van der Waals surface area contributed by atoms with Gasteiger partial charge in [-0.3, -0.25) is 38.4 Å². The molecule has 0 unspecified atom stereocenters. The minimum absolute atomic E-state index is 0.0826. The Morgan fingerprint density at radius 1 is 0.152 bits per heavy atom. The lowest BCUT2D eigenvalue weighted by molar-refractivity contribution is 0.102. The maximum absolute atomic E-state index is 13.5. The monoisotopic (exact) mass is 1310 g/mol. The number of carbonyl (C=O) groups is 8. The normalized spacial score (nSPS) is 10.8. The van der Waals surface area contributed by atoms with Crippen molar-refractivity contribution in [2.24, 2.45) is 0 Å². The largest absolute Gasteiger partial charge is 0.457 e. The van der Waals surface area contributed by atoms with Gasteiger partial charge in [0.05, 0.1) is 0 Å². The molecule has 0 atom stereocenters. The van der Waals surface area contributed by atoms with E-state index in [1.165, 1.54) is 0 Å². The molecule has 0 saturated heterocycles. The summed E-state index contributed by atoms with van der Waals surface area (Å²) in [5.74, 6) is 2.32. The van der Waals surface area contributed by atoms with E-state index in [0.717, 1.165) is 0 Å². The molecule has 0 aliphatic heterocycles. The van der Waals surface area contributed by atoms with Crippen LogP contribution in [0.25, 0.3) is 0 Å². The highest BCUT2D eigenvalue weighted by atomic mass is 35.5. The van der Waals surface area contributed by atoms with E-state index in [1.807, 2.05) is 18.2 Å². The Morgan fingerprint density at radius 2 is 0.263 bits per heavy atom. The molecule has 476 valence electrons. The molecule has 0 bridgehead atoms. The summed E-state index contributed by atoms with van der Waals surface area (Å²) in [6.45, 7) is 0. The number of rotatable bonds is 24. The molecule has 0 aliphatic carbocycles. The minimum Gasteiger partial charge on any atom is -0.457 e. The molecule has 13 heteroatoms. The average Bonchev–Trinajstić information content (AvgIpc) is 0.866. The molecule has 99 heavy (non-hydrogen) atoms. The lowest BCUT2D eigenvalue weighted by atomic mass is 9.98. The van der Waals surface area contributed by atoms with E-state index in [-0.39, 0.29) is 46.3 Å². The number of halogens is 1. The van der Waals surface area contributed by atoms with Crippen LogP contribution in [0, 0.1) is 0 Å². The van der Waals surface area contributed by atoms with Crippen molar-refractivity contribution >= 4 is 57.9 Å². The van der Waals surface area contributed by atoms with Gasteiger partial charge in [-0.15, -0.1) is 0 Å². The molecule has 12 nitrogen and oxygen atoms in total. The standard InChI is InChI=1S/C86H53ClO12/c87-70-36-18-61(19-37-70)86(95)69-34-52-78(53-35-69)99-77-50-32-68(33-51-77)85(94)60-16-14-59(15-17-60)84(93)67-30-48-76(49-31-67)98-75-46-28-66(29-47-75)83(92)58-12-10-57(11-13-58)82(91)65-26-44-74(45-27-65)97-73-42-24-64(25-43-73)81(90)56-8-6-55(7-9-56)80(89)63-22-40-72(41-23-63)96-71-38-20-62(21-39-71)79(88)54-4-2-1-3-5-54/h1-53H. The fourth-order valence-corrected chi connectivity index (χ4v) is 10.9. The van der Waals surface area contributed by atoms with Crippen molar-refractivity contribution < 1.29 is 57.3 Å². The summed E-state index contributed by atoms with van der Waals surface area (Å²) in [7, 11) is 0. The molecule has 0 heterocycles. The molecular weight excluding hydrogens is 1260 g/mol. The third kappa shape index (κ3) is 15.3. The molecule has 13 aromatic rings. The summed E-state index contributed by atoms with van der Waals surface area (Å²) < 4.78 is 24.0. The number of carbonyl (C=O) groups excluding carboxylic acids is 8. The van der Waals surface area contributed by atoms with E-state index in [0.29, 0.717) is 140 Å². The van der Waals surface area contributed by atoms with Crippen LogP contribution in [0.4, 0.5) is 0 Å². The molecule has 0 saturated carbocycles. The van der Waals surface area contributed by atoms with Crippen LogP contribution in [0.5, 0.6) is 46.0 Å². The minimum atomic E-state index is -0.249. The number of hydrogen-bond donors (Lipinski definition) is 0.